The number of benzene rings is 2. The zero-order chi connectivity index (χ0) is 12.1. The summed E-state index contributed by atoms with van der Waals surface area (Å²) in [5.74, 6) is 0. The van der Waals surface area contributed by atoms with Gasteiger partial charge in [0.1, 0.15) is 5.58 Å². The van der Waals surface area contributed by atoms with Gasteiger partial charge in [-0.25, -0.2) is 0 Å². The molecule has 1 N–H and O–H groups in total. The molecule has 0 aliphatic carbocycles. The van der Waals surface area contributed by atoms with Crippen molar-refractivity contribution >= 4 is 45.3 Å². The molecule has 3 heteroatoms. The van der Waals surface area contributed by atoms with Crippen LogP contribution in [0.3, 0.4) is 0 Å². The van der Waals surface area contributed by atoms with E-state index in [0.29, 0.717) is 5.02 Å². The number of fused-ring (bicyclic) bond motifs is 4. The molecule has 18 heavy (non-hydrogen) atoms. The van der Waals surface area contributed by atoms with Crippen LogP contribution in [0.4, 0.5) is 5.69 Å². The van der Waals surface area contributed by atoms with Gasteiger partial charge in [0.05, 0.1) is 5.02 Å². The Balaban J connectivity index is 2.16. The average molecular weight is 256 g/mol. The topological polar surface area (TPSA) is 25.2 Å². The molecule has 1 aliphatic heterocycles. The van der Waals surface area contributed by atoms with E-state index in [-0.39, 0.29) is 0 Å². The summed E-state index contributed by atoms with van der Waals surface area (Å²) >= 11 is 6.16. The van der Waals surface area contributed by atoms with Crippen LogP contribution in [0.5, 0.6) is 0 Å². The number of para-hydroxylation sites is 1. The maximum atomic E-state index is 6.16. The number of anilines is 1. The monoisotopic (exact) mass is 255 g/mol. The highest BCUT2D eigenvalue weighted by atomic mass is 35.5. The molecule has 1 aliphatic rings. The molecule has 0 spiro atoms. The van der Waals surface area contributed by atoms with Crippen LogP contribution in [0.15, 0.2) is 40.8 Å². The van der Waals surface area contributed by atoms with Crippen LogP contribution < -0.4 is 5.32 Å². The summed E-state index contributed by atoms with van der Waals surface area (Å²) in [5, 5.41) is 6.17. The van der Waals surface area contributed by atoms with E-state index in [1.165, 1.54) is 5.56 Å². The van der Waals surface area contributed by atoms with Crippen LogP contribution in [0.25, 0.3) is 28.0 Å². The first-order chi connectivity index (χ1) is 8.83. The molecule has 3 aromatic rings. The van der Waals surface area contributed by atoms with Crippen molar-refractivity contribution < 1.29 is 4.42 Å². The minimum atomic E-state index is 0.658. The van der Waals surface area contributed by atoms with Crippen LogP contribution in [0.1, 0.15) is 5.56 Å². The Bertz CT molecular complexity index is 801. The second-order valence-electron chi connectivity index (χ2n) is 4.44. The molecule has 0 fully saturated rings. The Morgan fingerprint density at radius 1 is 1.17 bits per heavy atom. The van der Waals surface area contributed by atoms with Gasteiger partial charge in [-0.2, -0.15) is 0 Å². The van der Waals surface area contributed by atoms with Crippen molar-refractivity contribution in [2.75, 3.05) is 11.9 Å². The van der Waals surface area contributed by atoms with Gasteiger partial charge in [-0.05, 0) is 17.7 Å². The Kier molecular flexibility index (Phi) is 1.97. The fourth-order valence-corrected chi connectivity index (χ4v) is 2.68. The Morgan fingerprint density at radius 3 is 3.06 bits per heavy atom. The molecule has 0 unspecified atom stereocenters. The second kappa shape index (κ2) is 3.53. The van der Waals surface area contributed by atoms with Crippen LogP contribution in [-0.4, -0.2) is 6.54 Å². The summed E-state index contributed by atoms with van der Waals surface area (Å²) in [6.07, 6.45) is 4.25. The van der Waals surface area contributed by atoms with E-state index in [4.69, 9.17) is 16.0 Å². The van der Waals surface area contributed by atoms with Crippen molar-refractivity contribution in [1.82, 2.24) is 0 Å². The van der Waals surface area contributed by atoms with E-state index in [0.717, 1.165) is 34.2 Å². The number of hydrogen-bond acceptors (Lipinski definition) is 2. The molecular formula is C15H10ClNO. The van der Waals surface area contributed by atoms with Gasteiger partial charge in [0, 0.05) is 29.1 Å². The molecule has 0 radical (unpaired) electrons. The predicted molar refractivity (Wildman–Crippen MR) is 76.3 cm³/mol. The van der Waals surface area contributed by atoms with E-state index >= 15 is 0 Å². The zero-order valence-electron chi connectivity index (χ0n) is 9.53. The standard InChI is InChI=1S/C15H10ClNO/c16-12-5-1-4-10-11-7-9-3-2-6-17-13(9)8-14(11)18-15(10)12/h1-5,7-8,17H,6H2. The SMILES string of the molecule is Clc1cccc2c1oc1cc3c(cc12)C=CCN3. The maximum Gasteiger partial charge on any atom is 0.153 e. The smallest absolute Gasteiger partial charge is 0.153 e. The van der Waals surface area contributed by atoms with E-state index < -0.39 is 0 Å². The minimum Gasteiger partial charge on any atom is -0.454 e. The number of halogens is 1. The molecule has 0 amide bonds. The summed E-state index contributed by atoms with van der Waals surface area (Å²) in [5.41, 5.74) is 3.94. The summed E-state index contributed by atoms with van der Waals surface area (Å²) in [4.78, 5) is 0. The lowest BCUT2D eigenvalue weighted by Gasteiger charge is -2.12. The van der Waals surface area contributed by atoms with E-state index in [1.54, 1.807) is 0 Å². The van der Waals surface area contributed by atoms with Gasteiger partial charge >= 0.3 is 0 Å². The second-order valence-corrected chi connectivity index (χ2v) is 4.84. The largest absolute Gasteiger partial charge is 0.454 e. The van der Waals surface area contributed by atoms with Crippen molar-refractivity contribution in [2.24, 2.45) is 0 Å². The first-order valence-corrected chi connectivity index (χ1v) is 6.26. The van der Waals surface area contributed by atoms with Gasteiger partial charge in [-0.15, -0.1) is 0 Å². The highest BCUT2D eigenvalue weighted by Crippen LogP contribution is 2.36. The van der Waals surface area contributed by atoms with E-state index in [9.17, 15) is 0 Å². The predicted octanol–water partition coefficient (Wildman–Crippen LogP) is 4.68. The normalized spacial score (nSPS) is 13.8. The van der Waals surface area contributed by atoms with Gasteiger partial charge in [0.15, 0.2) is 5.58 Å². The van der Waals surface area contributed by atoms with Gasteiger partial charge < -0.3 is 9.73 Å². The highest BCUT2D eigenvalue weighted by molar-refractivity contribution is 6.35. The highest BCUT2D eigenvalue weighted by Gasteiger charge is 2.13. The summed E-state index contributed by atoms with van der Waals surface area (Å²) in [6.45, 7) is 0.861. The van der Waals surface area contributed by atoms with Crippen LogP contribution in [-0.2, 0) is 0 Å². The average Bonchev–Trinajstić information content (AvgIpc) is 2.76. The molecule has 0 saturated heterocycles. The van der Waals surface area contributed by atoms with Crippen LogP contribution >= 0.6 is 11.6 Å². The Labute approximate surface area is 109 Å². The number of furan rings is 1. The first kappa shape index (κ1) is 10.0. The third kappa shape index (κ3) is 1.30. The number of nitrogens with one attached hydrogen (secondary N) is 1. The van der Waals surface area contributed by atoms with Crippen molar-refractivity contribution in [2.45, 2.75) is 0 Å². The summed E-state index contributed by atoms with van der Waals surface area (Å²) in [7, 11) is 0. The third-order valence-electron chi connectivity index (χ3n) is 3.33. The van der Waals surface area contributed by atoms with Gasteiger partial charge in [0.25, 0.3) is 0 Å². The molecule has 2 nitrogen and oxygen atoms in total. The molecular weight excluding hydrogens is 246 g/mol. The lowest BCUT2D eigenvalue weighted by Crippen LogP contribution is -2.03. The van der Waals surface area contributed by atoms with Crippen molar-refractivity contribution in [3.63, 3.8) is 0 Å². The lowest BCUT2D eigenvalue weighted by molar-refractivity contribution is 0.669. The molecule has 1 aromatic heterocycles. The maximum absolute atomic E-state index is 6.16. The third-order valence-corrected chi connectivity index (χ3v) is 3.63. The van der Waals surface area contributed by atoms with E-state index in [2.05, 4.69) is 23.5 Å². The minimum absolute atomic E-state index is 0.658. The molecule has 0 bridgehead atoms. The van der Waals surface area contributed by atoms with Gasteiger partial charge in [-0.3, -0.25) is 0 Å². The quantitative estimate of drug-likeness (QED) is 0.631. The fraction of sp³-hybridized carbons (Fsp3) is 0.0667. The summed E-state index contributed by atoms with van der Waals surface area (Å²) in [6, 6.07) is 10.0. The van der Waals surface area contributed by atoms with Gasteiger partial charge in [0.2, 0.25) is 0 Å². The molecule has 0 saturated carbocycles. The first-order valence-electron chi connectivity index (χ1n) is 5.88. The van der Waals surface area contributed by atoms with Crippen molar-refractivity contribution in [1.29, 1.82) is 0 Å². The molecule has 0 atom stereocenters. The van der Waals surface area contributed by atoms with Crippen LogP contribution in [0, 0.1) is 0 Å². The Morgan fingerprint density at radius 2 is 2.11 bits per heavy atom. The van der Waals surface area contributed by atoms with Crippen molar-refractivity contribution in [3.05, 3.63) is 47.0 Å². The lowest BCUT2D eigenvalue weighted by atomic mass is 10.1. The van der Waals surface area contributed by atoms with Crippen LogP contribution in [0.2, 0.25) is 5.02 Å². The summed E-state index contributed by atoms with van der Waals surface area (Å²) < 4.78 is 5.85. The molecule has 4 rings (SSSR count). The fourth-order valence-electron chi connectivity index (χ4n) is 2.47. The Hall–Kier alpha value is -1.93. The number of hydrogen-bond donors (Lipinski definition) is 1. The van der Waals surface area contributed by atoms with Gasteiger partial charge in [-0.1, -0.05) is 35.9 Å². The molecule has 2 aromatic carbocycles. The van der Waals surface area contributed by atoms with E-state index in [1.807, 2.05) is 24.3 Å². The molecule has 88 valence electrons. The van der Waals surface area contributed by atoms with Crippen molar-refractivity contribution in [3.8, 4) is 0 Å². The zero-order valence-corrected chi connectivity index (χ0v) is 10.3. The number of rotatable bonds is 0. The molecule has 2 heterocycles.